The van der Waals surface area contributed by atoms with E-state index in [1.165, 1.54) is 20.2 Å². The molecule has 0 atom stereocenters. The smallest absolute Gasteiger partial charge is 0.435 e. The van der Waals surface area contributed by atoms with Crippen molar-refractivity contribution >= 4 is 16.3 Å². The Morgan fingerprint density at radius 1 is 1.28 bits per heavy atom. The van der Waals surface area contributed by atoms with Crippen molar-refractivity contribution in [2.45, 2.75) is 20.3 Å². The maximum absolute atomic E-state index is 11.8. The lowest BCUT2D eigenvalue weighted by Crippen LogP contribution is -2.48. The van der Waals surface area contributed by atoms with Crippen molar-refractivity contribution in [2.24, 2.45) is 0 Å². The number of quaternary nitrogens is 1. The fraction of sp³-hybridized carbons (Fsp3) is 0.727. The van der Waals surface area contributed by atoms with E-state index in [0.29, 0.717) is 6.42 Å². The molecule has 0 rings (SSSR count). The third-order valence-corrected chi connectivity index (χ3v) is 4.08. The van der Waals surface area contributed by atoms with E-state index in [0.717, 1.165) is 0 Å². The van der Waals surface area contributed by atoms with E-state index < -0.39 is 16.3 Å². The Morgan fingerprint density at radius 3 is 2.39 bits per heavy atom. The van der Waals surface area contributed by atoms with Crippen LogP contribution in [-0.4, -0.2) is 52.1 Å². The van der Waals surface area contributed by atoms with Gasteiger partial charge in [-0.3, -0.25) is 0 Å². The second-order valence-electron chi connectivity index (χ2n) is 4.21. The van der Waals surface area contributed by atoms with Crippen LogP contribution in [0, 0.1) is 0 Å². The maximum atomic E-state index is 11.8. The Balaban J connectivity index is 4.34. The molecule has 0 aliphatic carbocycles. The molecule has 0 saturated carbocycles. The monoisotopic (exact) mass is 280 g/mol. The van der Waals surface area contributed by atoms with Crippen LogP contribution in [0.1, 0.15) is 20.3 Å². The fourth-order valence-electron chi connectivity index (χ4n) is 0.993. The van der Waals surface area contributed by atoms with Gasteiger partial charge >= 0.3 is 16.3 Å². The minimum atomic E-state index is -3.70. The van der Waals surface area contributed by atoms with Gasteiger partial charge in [-0.2, -0.15) is 3.89 Å². The average Bonchev–Trinajstić information content (AvgIpc) is 2.26. The summed E-state index contributed by atoms with van der Waals surface area (Å²) in [4.78, 5) is 11.1. The Morgan fingerprint density at radius 2 is 1.89 bits per heavy atom. The van der Waals surface area contributed by atoms with E-state index in [2.05, 4.69) is 0 Å². The number of nitrogens with zero attached hydrogens (tertiary/aromatic N) is 1. The first-order valence-corrected chi connectivity index (χ1v) is 7.15. The predicted molar refractivity (Wildman–Crippen MR) is 67.9 cm³/mol. The Kier molecular flexibility index (Phi) is 7.12. The van der Waals surface area contributed by atoms with Gasteiger partial charge in [0.2, 0.25) is 0 Å². The normalized spacial score (nSPS) is 12.9. The van der Waals surface area contributed by atoms with Crippen molar-refractivity contribution in [1.82, 2.24) is 0 Å². The number of likely N-dealkylation sites (N-methyl/N-ethyl adjacent to an activating group) is 1. The summed E-state index contributed by atoms with van der Waals surface area (Å²) in [6, 6.07) is 0. The molecule has 106 valence electrons. The first-order chi connectivity index (χ1) is 8.27. The standard InChI is InChI=1S/C11H22NO5S/c1-5-7-11(13)16-10-8-12(3,4)18(14,15)17-9-6-2/h5,7H,6,8-10H2,1-4H3/q+1. The number of esters is 1. The van der Waals surface area contributed by atoms with Gasteiger partial charge in [-0.25, -0.2) is 8.98 Å². The lowest BCUT2D eigenvalue weighted by molar-refractivity contribution is -0.768. The zero-order valence-corrected chi connectivity index (χ0v) is 12.2. The van der Waals surface area contributed by atoms with Gasteiger partial charge in [0, 0.05) is 6.08 Å². The molecule has 0 bridgehead atoms. The molecule has 0 aromatic heterocycles. The molecule has 0 radical (unpaired) electrons. The van der Waals surface area contributed by atoms with E-state index in [4.69, 9.17) is 8.92 Å². The summed E-state index contributed by atoms with van der Waals surface area (Å²) in [7, 11) is -0.715. The molecule has 6 nitrogen and oxygen atoms in total. The summed E-state index contributed by atoms with van der Waals surface area (Å²) in [5.74, 6) is -0.482. The third kappa shape index (κ3) is 5.61. The zero-order valence-electron chi connectivity index (χ0n) is 11.4. The minimum Gasteiger partial charge on any atom is -0.456 e. The summed E-state index contributed by atoms with van der Waals surface area (Å²) in [5.41, 5.74) is 0. The van der Waals surface area contributed by atoms with Gasteiger partial charge in [0.05, 0.1) is 20.7 Å². The number of hydrogen-bond acceptors (Lipinski definition) is 5. The van der Waals surface area contributed by atoms with Crippen LogP contribution in [0.15, 0.2) is 12.2 Å². The van der Waals surface area contributed by atoms with E-state index in [-0.39, 0.29) is 23.6 Å². The van der Waals surface area contributed by atoms with Crippen molar-refractivity contribution in [2.75, 3.05) is 33.9 Å². The quantitative estimate of drug-likeness (QED) is 0.374. The lowest BCUT2D eigenvalue weighted by atomic mass is 10.5. The van der Waals surface area contributed by atoms with Crippen molar-refractivity contribution < 1.29 is 26.0 Å². The van der Waals surface area contributed by atoms with Crippen LogP contribution in [0.25, 0.3) is 0 Å². The zero-order chi connectivity index (χ0) is 14.2. The van der Waals surface area contributed by atoms with Crippen LogP contribution >= 0.6 is 0 Å². The van der Waals surface area contributed by atoms with Gasteiger partial charge in [-0.05, 0) is 13.3 Å². The molecule has 0 aromatic carbocycles. The van der Waals surface area contributed by atoms with E-state index >= 15 is 0 Å². The van der Waals surface area contributed by atoms with E-state index in [1.54, 1.807) is 13.0 Å². The summed E-state index contributed by atoms with van der Waals surface area (Å²) in [5, 5.41) is 0. The third-order valence-electron chi connectivity index (χ3n) is 2.22. The largest absolute Gasteiger partial charge is 0.456 e. The first-order valence-electron chi connectivity index (χ1n) is 5.79. The second-order valence-corrected chi connectivity index (χ2v) is 6.29. The average molecular weight is 280 g/mol. The number of carbonyl (C=O) groups excluding carboxylic acids is 1. The van der Waals surface area contributed by atoms with Crippen molar-refractivity contribution in [3.05, 3.63) is 12.2 Å². The molecule has 0 aliphatic rings. The summed E-state index contributed by atoms with van der Waals surface area (Å²) in [6.07, 6.45) is 3.46. The molecule has 0 heterocycles. The molecule has 0 N–H and O–H groups in total. The molecule has 0 aliphatic heterocycles. The summed E-state index contributed by atoms with van der Waals surface area (Å²) in [6.45, 7) is 3.83. The number of hydrogen-bond donors (Lipinski definition) is 0. The minimum absolute atomic E-state index is 0.0187. The Hall–Kier alpha value is -0.920. The Bertz CT molecular complexity index is 386. The lowest BCUT2D eigenvalue weighted by Gasteiger charge is -2.26. The van der Waals surface area contributed by atoms with Gasteiger partial charge in [0.15, 0.2) is 0 Å². The van der Waals surface area contributed by atoms with Crippen molar-refractivity contribution in [3.63, 3.8) is 0 Å². The molecule has 0 unspecified atom stereocenters. The molecular weight excluding hydrogens is 258 g/mol. The molecule has 0 fully saturated rings. The molecule has 7 heteroatoms. The summed E-state index contributed by atoms with van der Waals surface area (Å²) >= 11 is 0. The second kappa shape index (κ2) is 7.50. The predicted octanol–water partition coefficient (Wildman–Crippen LogP) is 0.853. The number of ether oxygens (including phenoxy) is 1. The van der Waals surface area contributed by atoms with Crippen molar-refractivity contribution in [1.29, 1.82) is 0 Å². The highest BCUT2D eigenvalue weighted by atomic mass is 32.2. The molecule has 0 saturated heterocycles. The van der Waals surface area contributed by atoms with E-state index in [1.807, 2.05) is 6.92 Å². The van der Waals surface area contributed by atoms with Gasteiger partial charge in [0.1, 0.15) is 13.2 Å². The Labute approximate surface area is 109 Å². The fourth-order valence-corrected chi connectivity index (χ4v) is 1.95. The van der Waals surface area contributed by atoms with Gasteiger partial charge < -0.3 is 4.74 Å². The first kappa shape index (κ1) is 17.1. The number of carbonyl (C=O) groups is 1. The van der Waals surface area contributed by atoms with Gasteiger partial charge in [0.25, 0.3) is 0 Å². The van der Waals surface area contributed by atoms with Crippen LogP contribution in [0.4, 0.5) is 0 Å². The molecular formula is C11H22NO5S+. The molecule has 0 spiro atoms. The van der Waals surface area contributed by atoms with Gasteiger partial charge in [-0.15, -0.1) is 8.42 Å². The van der Waals surface area contributed by atoms with Crippen molar-refractivity contribution in [3.8, 4) is 0 Å². The summed E-state index contributed by atoms with van der Waals surface area (Å²) < 4.78 is 32.9. The topological polar surface area (TPSA) is 69.7 Å². The molecule has 0 aromatic rings. The maximum Gasteiger partial charge on any atom is 0.435 e. The van der Waals surface area contributed by atoms with Gasteiger partial charge in [-0.1, -0.05) is 13.0 Å². The van der Waals surface area contributed by atoms with Crippen LogP contribution in [0.3, 0.4) is 0 Å². The van der Waals surface area contributed by atoms with Crippen LogP contribution in [0.2, 0.25) is 0 Å². The van der Waals surface area contributed by atoms with Crippen LogP contribution in [0.5, 0.6) is 0 Å². The number of rotatable bonds is 8. The SMILES string of the molecule is CC=CC(=O)OCC[N+](C)(C)S(=O)(=O)OCCC. The number of allylic oxidation sites excluding steroid dienone is 1. The van der Waals surface area contributed by atoms with Crippen LogP contribution < -0.4 is 0 Å². The highest BCUT2D eigenvalue weighted by Crippen LogP contribution is 2.10. The van der Waals surface area contributed by atoms with E-state index in [9.17, 15) is 13.2 Å². The highest BCUT2D eigenvalue weighted by molar-refractivity contribution is 7.81. The highest BCUT2D eigenvalue weighted by Gasteiger charge is 2.34. The van der Waals surface area contributed by atoms with Crippen LogP contribution in [-0.2, 0) is 24.0 Å². The molecule has 0 amide bonds. The molecule has 18 heavy (non-hydrogen) atoms.